The minimum atomic E-state index is -2.63. The molecule has 6 heteroatoms. The molecule has 1 heterocycles. The zero-order valence-corrected chi connectivity index (χ0v) is 10.8. The molecular formula is C13H19F2NO3. The molecule has 1 saturated heterocycles. The molecular weight excluding hydrogens is 256 g/mol. The van der Waals surface area contributed by atoms with Crippen molar-refractivity contribution in [2.45, 2.75) is 44.4 Å². The summed E-state index contributed by atoms with van der Waals surface area (Å²) in [5.74, 6) is -4.03. The number of carboxylic acid groups (broad SMARTS) is 1. The lowest BCUT2D eigenvalue weighted by molar-refractivity contribution is -0.138. The Morgan fingerprint density at radius 1 is 1.26 bits per heavy atom. The number of carbonyl (C=O) groups excluding carboxylic acids is 1. The molecule has 1 N–H and O–H groups in total. The van der Waals surface area contributed by atoms with Crippen molar-refractivity contribution in [2.75, 3.05) is 13.1 Å². The highest BCUT2D eigenvalue weighted by Gasteiger charge is 2.57. The van der Waals surface area contributed by atoms with Gasteiger partial charge in [0.25, 0.3) is 5.92 Å². The molecule has 1 atom stereocenters. The van der Waals surface area contributed by atoms with Gasteiger partial charge in [-0.2, -0.15) is 0 Å². The van der Waals surface area contributed by atoms with Gasteiger partial charge in [-0.05, 0) is 25.2 Å². The highest BCUT2D eigenvalue weighted by molar-refractivity contribution is 5.77. The Hall–Kier alpha value is -1.20. The van der Waals surface area contributed by atoms with Gasteiger partial charge in [0, 0.05) is 38.3 Å². The first kappa shape index (κ1) is 14.2. The second kappa shape index (κ2) is 5.43. The summed E-state index contributed by atoms with van der Waals surface area (Å²) in [5.41, 5.74) is 0. The lowest BCUT2D eigenvalue weighted by Gasteiger charge is -2.32. The quantitative estimate of drug-likeness (QED) is 0.836. The number of alkyl halides is 2. The van der Waals surface area contributed by atoms with Gasteiger partial charge in [-0.1, -0.05) is 0 Å². The molecule has 0 bridgehead atoms. The second-order valence-corrected chi connectivity index (χ2v) is 5.62. The molecule has 0 unspecified atom stereocenters. The van der Waals surface area contributed by atoms with Crippen molar-refractivity contribution in [1.29, 1.82) is 0 Å². The van der Waals surface area contributed by atoms with Crippen LogP contribution in [0.2, 0.25) is 0 Å². The Kier molecular flexibility index (Phi) is 4.06. The molecule has 108 valence electrons. The van der Waals surface area contributed by atoms with Crippen LogP contribution in [0, 0.1) is 11.8 Å². The molecule has 1 aliphatic heterocycles. The smallest absolute Gasteiger partial charge is 0.303 e. The third-order valence-electron chi connectivity index (χ3n) is 4.11. The van der Waals surface area contributed by atoms with Crippen LogP contribution in [0.15, 0.2) is 0 Å². The molecule has 1 saturated carbocycles. The highest BCUT2D eigenvalue weighted by atomic mass is 19.3. The Labute approximate surface area is 110 Å². The molecule has 0 radical (unpaired) electrons. The number of piperidine rings is 1. The zero-order valence-electron chi connectivity index (χ0n) is 10.8. The zero-order chi connectivity index (χ0) is 14.0. The van der Waals surface area contributed by atoms with Gasteiger partial charge in [0.2, 0.25) is 5.91 Å². The lowest BCUT2D eigenvalue weighted by Crippen LogP contribution is -2.38. The first-order chi connectivity index (χ1) is 8.88. The number of halogens is 2. The van der Waals surface area contributed by atoms with Gasteiger partial charge in [0.1, 0.15) is 0 Å². The summed E-state index contributed by atoms with van der Waals surface area (Å²) in [6, 6.07) is 0. The summed E-state index contributed by atoms with van der Waals surface area (Å²) in [6.45, 7) is 1.14. The number of carboxylic acids is 1. The van der Waals surface area contributed by atoms with Crippen molar-refractivity contribution in [1.82, 2.24) is 4.90 Å². The summed E-state index contributed by atoms with van der Waals surface area (Å²) in [7, 11) is 0. The number of amides is 1. The topological polar surface area (TPSA) is 57.6 Å². The van der Waals surface area contributed by atoms with Crippen molar-refractivity contribution in [3.05, 3.63) is 0 Å². The summed E-state index contributed by atoms with van der Waals surface area (Å²) in [4.78, 5) is 23.9. The van der Waals surface area contributed by atoms with Crippen molar-refractivity contribution in [2.24, 2.45) is 11.8 Å². The molecule has 0 spiro atoms. The number of hydrogen-bond donors (Lipinski definition) is 1. The van der Waals surface area contributed by atoms with Crippen molar-refractivity contribution < 1.29 is 23.5 Å². The molecule has 0 aromatic carbocycles. The predicted octanol–water partition coefficient (Wildman–Crippen LogP) is 2.14. The van der Waals surface area contributed by atoms with Crippen LogP contribution in [-0.4, -0.2) is 40.9 Å². The maximum absolute atomic E-state index is 12.7. The van der Waals surface area contributed by atoms with E-state index in [-0.39, 0.29) is 25.2 Å². The van der Waals surface area contributed by atoms with Crippen LogP contribution in [0.25, 0.3) is 0 Å². The van der Waals surface area contributed by atoms with E-state index in [1.54, 1.807) is 4.90 Å². The van der Waals surface area contributed by atoms with Crippen LogP contribution in [-0.2, 0) is 9.59 Å². The summed E-state index contributed by atoms with van der Waals surface area (Å²) in [5, 5.41) is 8.60. The Morgan fingerprint density at radius 2 is 1.84 bits per heavy atom. The van der Waals surface area contributed by atoms with Crippen LogP contribution in [0.1, 0.15) is 38.5 Å². The van der Waals surface area contributed by atoms with Crippen LogP contribution < -0.4 is 0 Å². The van der Waals surface area contributed by atoms with E-state index in [0.717, 1.165) is 12.8 Å². The normalized spacial score (nSPS) is 26.2. The van der Waals surface area contributed by atoms with Gasteiger partial charge in [-0.25, -0.2) is 8.78 Å². The number of likely N-dealkylation sites (tertiary alicyclic amines) is 1. The van der Waals surface area contributed by atoms with Crippen molar-refractivity contribution >= 4 is 11.9 Å². The highest BCUT2D eigenvalue weighted by Crippen LogP contribution is 2.50. The average molecular weight is 275 g/mol. The summed E-state index contributed by atoms with van der Waals surface area (Å²) >= 11 is 0. The number of hydrogen-bond acceptors (Lipinski definition) is 2. The molecule has 1 aliphatic carbocycles. The van der Waals surface area contributed by atoms with Crippen LogP contribution >= 0.6 is 0 Å². The van der Waals surface area contributed by atoms with Gasteiger partial charge >= 0.3 is 5.97 Å². The molecule has 0 aromatic rings. The lowest BCUT2D eigenvalue weighted by atomic mass is 9.92. The first-order valence-corrected chi connectivity index (χ1v) is 6.76. The molecule has 0 aromatic heterocycles. The largest absolute Gasteiger partial charge is 0.481 e. The molecule has 2 rings (SSSR count). The first-order valence-electron chi connectivity index (χ1n) is 6.76. The average Bonchev–Trinajstić information content (AvgIpc) is 2.94. The van der Waals surface area contributed by atoms with E-state index in [9.17, 15) is 18.4 Å². The standard InChI is InChI=1S/C13H19F2NO3/c14-13(15)8-10(13)7-11(17)16-5-3-9(4-6-16)1-2-12(18)19/h9-10H,1-8H2,(H,18,19)/t10-/m1/s1. The Balaban J connectivity index is 1.68. The maximum Gasteiger partial charge on any atom is 0.303 e. The fraction of sp³-hybridized carbons (Fsp3) is 0.846. The van der Waals surface area contributed by atoms with E-state index in [4.69, 9.17) is 5.11 Å². The molecule has 19 heavy (non-hydrogen) atoms. The number of aliphatic carboxylic acids is 1. The SMILES string of the molecule is O=C(O)CCC1CCN(C(=O)C[C@@H]2CC2(F)F)CC1. The molecule has 4 nitrogen and oxygen atoms in total. The number of carbonyl (C=O) groups is 2. The third kappa shape index (κ3) is 3.88. The Bertz CT molecular complexity index is 365. The van der Waals surface area contributed by atoms with Crippen molar-refractivity contribution in [3.63, 3.8) is 0 Å². The van der Waals surface area contributed by atoms with Gasteiger partial charge in [0.15, 0.2) is 0 Å². The van der Waals surface area contributed by atoms with Crippen LogP contribution in [0.3, 0.4) is 0 Å². The van der Waals surface area contributed by atoms with E-state index < -0.39 is 17.8 Å². The van der Waals surface area contributed by atoms with E-state index in [1.165, 1.54) is 0 Å². The summed E-state index contributed by atoms with van der Waals surface area (Å²) in [6.07, 6.45) is 2.14. The second-order valence-electron chi connectivity index (χ2n) is 5.62. The molecule has 2 aliphatic rings. The van der Waals surface area contributed by atoms with Crippen LogP contribution in [0.4, 0.5) is 8.78 Å². The van der Waals surface area contributed by atoms with Gasteiger partial charge in [0.05, 0.1) is 0 Å². The van der Waals surface area contributed by atoms with Crippen molar-refractivity contribution in [3.8, 4) is 0 Å². The Morgan fingerprint density at radius 3 is 2.32 bits per heavy atom. The molecule has 2 fully saturated rings. The predicted molar refractivity (Wildman–Crippen MR) is 63.8 cm³/mol. The third-order valence-corrected chi connectivity index (χ3v) is 4.11. The summed E-state index contributed by atoms with van der Waals surface area (Å²) < 4.78 is 25.5. The minimum absolute atomic E-state index is 0.0488. The monoisotopic (exact) mass is 275 g/mol. The maximum atomic E-state index is 12.7. The van der Waals surface area contributed by atoms with E-state index >= 15 is 0 Å². The van der Waals surface area contributed by atoms with Gasteiger partial charge in [-0.15, -0.1) is 0 Å². The van der Waals surface area contributed by atoms with Crippen LogP contribution in [0.5, 0.6) is 0 Å². The molecule has 1 amide bonds. The van der Waals surface area contributed by atoms with E-state index in [1.807, 2.05) is 0 Å². The fourth-order valence-electron chi connectivity index (χ4n) is 2.63. The van der Waals surface area contributed by atoms with E-state index in [2.05, 4.69) is 0 Å². The van der Waals surface area contributed by atoms with E-state index in [0.29, 0.717) is 25.4 Å². The fourth-order valence-corrected chi connectivity index (χ4v) is 2.63. The number of nitrogens with zero attached hydrogens (tertiary/aromatic N) is 1. The number of rotatable bonds is 5. The van der Waals surface area contributed by atoms with Gasteiger partial charge in [-0.3, -0.25) is 9.59 Å². The van der Waals surface area contributed by atoms with Gasteiger partial charge < -0.3 is 10.0 Å². The minimum Gasteiger partial charge on any atom is -0.481 e.